The minimum absolute atomic E-state index is 0.00598. The molecule has 0 spiro atoms. The van der Waals surface area contributed by atoms with Gasteiger partial charge in [-0.2, -0.15) is 0 Å². The molecule has 2 rings (SSSR count). The zero-order chi connectivity index (χ0) is 14.5. The average molecular weight is 283 g/mol. The first-order valence-electron chi connectivity index (χ1n) is 7.14. The van der Waals surface area contributed by atoms with E-state index in [1.807, 2.05) is 25.0 Å². The number of aromatic nitrogens is 3. The molecular formula is C13H25N5O2. The van der Waals surface area contributed by atoms with Gasteiger partial charge in [-0.1, -0.05) is 5.21 Å². The monoisotopic (exact) mass is 283 g/mol. The Labute approximate surface area is 119 Å². The molecule has 1 saturated heterocycles. The molecule has 1 fully saturated rings. The maximum absolute atomic E-state index is 9.21. The van der Waals surface area contributed by atoms with Gasteiger partial charge in [0.2, 0.25) is 0 Å². The zero-order valence-corrected chi connectivity index (χ0v) is 12.3. The fourth-order valence-electron chi connectivity index (χ4n) is 2.49. The molecule has 2 heterocycles. The molecule has 0 aromatic carbocycles. The Morgan fingerprint density at radius 3 is 3.00 bits per heavy atom. The first kappa shape index (κ1) is 15.4. The summed E-state index contributed by atoms with van der Waals surface area (Å²) >= 11 is 0. The first-order valence-corrected chi connectivity index (χ1v) is 7.14. The second-order valence-electron chi connectivity index (χ2n) is 5.72. The van der Waals surface area contributed by atoms with Crippen LogP contribution in [0, 0.1) is 0 Å². The van der Waals surface area contributed by atoms with Crippen LogP contribution >= 0.6 is 0 Å². The molecule has 20 heavy (non-hydrogen) atoms. The lowest BCUT2D eigenvalue weighted by Gasteiger charge is -2.33. The molecule has 0 unspecified atom stereocenters. The van der Waals surface area contributed by atoms with Gasteiger partial charge in [-0.05, 0) is 33.4 Å². The van der Waals surface area contributed by atoms with E-state index in [1.165, 1.54) is 0 Å². The van der Waals surface area contributed by atoms with E-state index in [9.17, 15) is 5.11 Å². The summed E-state index contributed by atoms with van der Waals surface area (Å²) in [6, 6.07) is -0.0469. The number of hydrogen-bond acceptors (Lipinski definition) is 6. The van der Waals surface area contributed by atoms with Gasteiger partial charge in [0.15, 0.2) is 0 Å². The maximum atomic E-state index is 9.21. The van der Waals surface area contributed by atoms with Gasteiger partial charge in [0.1, 0.15) is 0 Å². The van der Waals surface area contributed by atoms with Gasteiger partial charge in [-0.25, -0.2) is 0 Å². The van der Waals surface area contributed by atoms with Crippen LogP contribution in [0.25, 0.3) is 0 Å². The van der Waals surface area contributed by atoms with Gasteiger partial charge in [0, 0.05) is 25.3 Å². The van der Waals surface area contributed by atoms with E-state index >= 15 is 0 Å². The predicted octanol–water partition coefficient (Wildman–Crippen LogP) is -0.403. The minimum Gasteiger partial charge on any atom is -0.394 e. The van der Waals surface area contributed by atoms with Crippen molar-refractivity contribution in [3.8, 4) is 0 Å². The summed E-state index contributed by atoms with van der Waals surface area (Å²) in [6.45, 7) is 1.56. The molecule has 0 radical (unpaired) electrons. The number of nitrogens with zero attached hydrogens (tertiary/aromatic N) is 4. The van der Waals surface area contributed by atoms with Gasteiger partial charge >= 0.3 is 0 Å². The topological polar surface area (TPSA) is 89.4 Å². The Balaban J connectivity index is 1.78. The van der Waals surface area contributed by atoms with Crippen molar-refractivity contribution < 1.29 is 9.84 Å². The van der Waals surface area contributed by atoms with E-state index in [4.69, 9.17) is 10.5 Å². The highest BCUT2D eigenvalue weighted by molar-refractivity contribution is 4.91. The molecule has 1 aliphatic rings. The second-order valence-corrected chi connectivity index (χ2v) is 5.72. The first-order chi connectivity index (χ1) is 9.58. The highest BCUT2D eigenvalue weighted by atomic mass is 16.5. The van der Waals surface area contributed by atoms with Crippen molar-refractivity contribution in [3.05, 3.63) is 11.9 Å². The van der Waals surface area contributed by atoms with Crippen LogP contribution in [0.1, 0.15) is 25.0 Å². The fraction of sp³-hybridized carbons (Fsp3) is 0.846. The Bertz CT molecular complexity index is 409. The number of rotatable bonds is 6. The van der Waals surface area contributed by atoms with Gasteiger partial charge < -0.3 is 20.5 Å². The second kappa shape index (κ2) is 7.12. The largest absolute Gasteiger partial charge is 0.394 e. The van der Waals surface area contributed by atoms with Crippen molar-refractivity contribution in [2.75, 3.05) is 20.7 Å². The van der Waals surface area contributed by atoms with Crippen molar-refractivity contribution in [3.63, 3.8) is 0 Å². The third-order valence-electron chi connectivity index (χ3n) is 3.59. The predicted molar refractivity (Wildman–Crippen MR) is 75.0 cm³/mol. The maximum Gasteiger partial charge on any atom is 0.0966 e. The number of ether oxygens (including phenoxy) is 1. The average Bonchev–Trinajstić information content (AvgIpc) is 2.84. The Morgan fingerprint density at radius 1 is 1.50 bits per heavy atom. The molecule has 1 aromatic heterocycles. The van der Waals surface area contributed by atoms with Crippen LogP contribution in [0.5, 0.6) is 0 Å². The van der Waals surface area contributed by atoms with E-state index in [0.717, 1.165) is 38.0 Å². The molecule has 1 aliphatic heterocycles. The summed E-state index contributed by atoms with van der Waals surface area (Å²) in [6.07, 6.45) is 4.60. The SMILES string of the molecule is CN(C)Cc1cn(CC[C@@H]2CC[C@H](N)[C@@H](CO)O2)nn1. The lowest BCUT2D eigenvalue weighted by atomic mass is 9.98. The van der Waals surface area contributed by atoms with Crippen LogP contribution in [0.3, 0.4) is 0 Å². The van der Waals surface area contributed by atoms with E-state index in [2.05, 4.69) is 15.2 Å². The highest BCUT2D eigenvalue weighted by Gasteiger charge is 2.28. The molecule has 7 nitrogen and oxygen atoms in total. The third-order valence-corrected chi connectivity index (χ3v) is 3.59. The number of hydrogen-bond donors (Lipinski definition) is 2. The van der Waals surface area contributed by atoms with Crippen molar-refractivity contribution in [2.24, 2.45) is 5.73 Å². The van der Waals surface area contributed by atoms with Gasteiger partial charge in [-0.3, -0.25) is 4.68 Å². The number of aliphatic hydroxyl groups is 1. The van der Waals surface area contributed by atoms with Crippen molar-refractivity contribution in [2.45, 2.75) is 50.6 Å². The van der Waals surface area contributed by atoms with Crippen LogP contribution in [-0.2, 0) is 17.8 Å². The summed E-state index contributed by atoms with van der Waals surface area (Å²) < 4.78 is 7.65. The van der Waals surface area contributed by atoms with Crippen LogP contribution < -0.4 is 5.73 Å². The van der Waals surface area contributed by atoms with E-state index in [0.29, 0.717) is 0 Å². The lowest BCUT2D eigenvalue weighted by Crippen LogP contribution is -2.46. The summed E-state index contributed by atoms with van der Waals surface area (Å²) in [4.78, 5) is 2.06. The fourth-order valence-corrected chi connectivity index (χ4v) is 2.49. The Kier molecular flexibility index (Phi) is 5.47. The quantitative estimate of drug-likeness (QED) is 0.738. The van der Waals surface area contributed by atoms with Crippen LogP contribution in [-0.4, -0.2) is 64.0 Å². The van der Waals surface area contributed by atoms with Crippen LogP contribution in [0.4, 0.5) is 0 Å². The molecule has 7 heteroatoms. The molecule has 1 aromatic rings. The summed E-state index contributed by atoms with van der Waals surface area (Å²) in [5.74, 6) is 0. The third kappa shape index (κ3) is 4.24. The molecule has 3 atom stereocenters. The van der Waals surface area contributed by atoms with Gasteiger partial charge in [0.25, 0.3) is 0 Å². The van der Waals surface area contributed by atoms with Gasteiger partial charge in [-0.15, -0.1) is 5.10 Å². The summed E-state index contributed by atoms with van der Waals surface area (Å²) in [5.41, 5.74) is 6.86. The van der Waals surface area contributed by atoms with E-state index in [1.54, 1.807) is 0 Å². The molecule has 0 saturated carbocycles. The van der Waals surface area contributed by atoms with Crippen molar-refractivity contribution in [1.29, 1.82) is 0 Å². The summed E-state index contributed by atoms with van der Waals surface area (Å²) in [5, 5.41) is 17.5. The van der Waals surface area contributed by atoms with E-state index in [-0.39, 0.29) is 24.9 Å². The zero-order valence-electron chi connectivity index (χ0n) is 12.3. The van der Waals surface area contributed by atoms with Crippen molar-refractivity contribution >= 4 is 0 Å². The van der Waals surface area contributed by atoms with Crippen molar-refractivity contribution in [1.82, 2.24) is 19.9 Å². The van der Waals surface area contributed by atoms with Crippen LogP contribution in [0.2, 0.25) is 0 Å². The standard InChI is InChI=1S/C13H25N5O2/c1-17(2)7-10-8-18(16-15-10)6-5-11-3-4-12(14)13(9-19)20-11/h8,11-13,19H,3-7,9,14H2,1-2H3/t11-,12-,13+/m0/s1. The molecule has 0 aliphatic carbocycles. The normalized spacial score (nSPS) is 27.1. The van der Waals surface area contributed by atoms with E-state index < -0.39 is 0 Å². The number of aryl methyl sites for hydroxylation is 1. The Morgan fingerprint density at radius 2 is 2.30 bits per heavy atom. The molecule has 0 amide bonds. The summed E-state index contributed by atoms with van der Waals surface area (Å²) in [7, 11) is 4.01. The number of aliphatic hydroxyl groups excluding tert-OH is 1. The molecule has 3 N–H and O–H groups in total. The highest BCUT2D eigenvalue weighted by Crippen LogP contribution is 2.20. The molecular weight excluding hydrogens is 258 g/mol. The number of nitrogens with two attached hydrogens (primary N) is 1. The van der Waals surface area contributed by atoms with Crippen LogP contribution in [0.15, 0.2) is 6.20 Å². The Hall–Kier alpha value is -1.02. The molecule has 114 valence electrons. The minimum atomic E-state index is -0.228. The van der Waals surface area contributed by atoms with Gasteiger partial charge in [0.05, 0.1) is 24.5 Å². The lowest BCUT2D eigenvalue weighted by molar-refractivity contribution is -0.0861. The smallest absolute Gasteiger partial charge is 0.0966 e. The molecule has 0 bridgehead atoms.